The molecular weight excluding hydrogens is 403 g/mol. The second-order valence-corrected chi connectivity index (χ2v) is 7.58. The average molecular weight is 419 g/mol. The van der Waals surface area contributed by atoms with Gasteiger partial charge in [-0.25, -0.2) is 4.39 Å². The van der Waals surface area contributed by atoms with Crippen LogP contribution in [0.15, 0.2) is 58.7 Å². The monoisotopic (exact) mass is 418 g/mol. The Morgan fingerprint density at radius 2 is 1.89 bits per heavy atom. The van der Waals surface area contributed by atoms with E-state index in [2.05, 4.69) is 20.8 Å². The van der Waals surface area contributed by atoms with Gasteiger partial charge in [0.15, 0.2) is 5.17 Å². The van der Waals surface area contributed by atoms with Crippen LogP contribution in [0.5, 0.6) is 0 Å². The van der Waals surface area contributed by atoms with Crippen molar-refractivity contribution in [2.45, 2.75) is 18.6 Å². The van der Waals surface area contributed by atoms with Gasteiger partial charge in [-0.1, -0.05) is 35.5 Å². The molecule has 0 radical (unpaired) electrons. The van der Waals surface area contributed by atoms with E-state index in [0.717, 1.165) is 17.3 Å². The molecule has 1 fully saturated rings. The number of carbonyl (C=O) groups excluding carboxylic acids is 2. The zero-order valence-corrected chi connectivity index (χ0v) is 16.4. The second-order valence-electron chi connectivity index (χ2n) is 5.95. The van der Waals surface area contributed by atoms with E-state index in [1.54, 1.807) is 19.1 Å². The second kappa shape index (κ2) is 8.99. The average Bonchev–Trinajstić information content (AvgIpc) is 3.01. The molecule has 0 bridgehead atoms. The third-order valence-corrected chi connectivity index (χ3v) is 5.15. The molecule has 0 aromatic heterocycles. The number of amides is 2. The van der Waals surface area contributed by atoms with Crippen molar-refractivity contribution in [3.05, 3.63) is 64.9 Å². The Morgan fingerprint density at radius 1 is 1.21 bits per heavy atom. The summed E-state index contributed by atoms with van der Waals surface area (Å²) in [6.07, 6.45) is -0.0349. The summed E-state index contributed by atoms with van der Waals surface area (Å²) in [4.78, 5) is 24.2. The van der Waals surface area contributed by atoms with Gasteiger partial charge in [-0.05, 0) is 48.9 Å². The molecule has 2 aromatic rings. The first-order chi connectivity index (χ1) is 13.4. The molecule has 1 aliphatic rings. The van der Waals surface area contributed by atoms with Crippen LogP contribution >= 0.6 is 23.4 Å². The minimum absolute atomic E-state index is 0.0349. The van der Waals surface area contributed by atoms with Crippen molar-refractivity contribution in [2.75, 3.05) is 5.32 Å². The molecule has 1 aliphatic heterocycles. The summed E-state index contributed by atoms with van der Waals surface area (Å²) < 4.78 is 12.9. The van der Waals surface area contributed by atoms with E-state index >= 15 is 0 Å². The lowest BCUT2D eigenvalue weighted by atomic mass is 10.1. The van der Waals surface area contributed by atoms with E-state index in [1.165, 1.54) is 24.3 Å². The molecule has 1 heterocycles. The number of hydrogen-bond acceptors (Lipinski definition) is 5. The van der Waals surface area contributed by atoms with Gasteiger partial charge >= 0.3 is 0 Å². The van der Waals surface area contributed by atoms with Crippen LogP contribution in [0.2, 0.25) is 5.02 Å². The standard InChI is InChI=1S/C19H16ClFN4O2S/c1-11(12-2-4-13(20)5-3-12)24-25-19-23-18(27)16(28-19)10-17(26)22-15-8-6-14(21)7-9-15/h2-9,16H,10H2,1H3,(H,22,26)(H,23,25,27)/b24-11-/t16-/m0/s1. The highest BCUT2D eigenvalue weighted by Gasteiger charge is 2.32. The number of halogens is 2. The van der Waals surface area contributed by atoms with Crippen molar-refractivity contribution in [1.29, 1.82) is 0 Å². The number of benzene rings is 2. The highest BCUT2D eigenvalue weighted by atomic mass is 35.5. The molecule has 2 amide bonds. The van der Waals surface area contributed by atoms with Crippen LogP contribution in [0.4, 0.5) is 10.1 Å². The van der Waals surface area contributed by atoms with Gasteiger partial charge in [0.25, 0.3) is 0 Å². The Kier molecular flexibility index (Phi) is 6.43. The summed E-state index contributed by atoms with van der Waals surface area (Å²) >= 11 is 7.00. The number of nitrogens with one attached hydrogen (secondary N) is 2. The topological polar surface area (TPSA) is 82.9 Å². The maximum Gasteiger partial charge on any atom is 0.240 e. The third kappa shape index (κ3) is 5.40. The number of amidine groups is 1. The highest BCUT2D eigenvalue weighted by molar-refractivity contribution is 8.15. The quantitative estimate of drug-likeness (QED) is 0.572. The van der Waals surface area contributed by atoms with Gasteiger partial charge in [-0.3, -0.25) is 9.59 Å². The number of carbonyl (C=O) groups is 2. The minimum Gasteiger partial charge on any atom is -0.326 e. The lowest BCUT2D eigenvalue weighted by Crippen LogP contribution is -2.28. The molecular formula is C19H16ClFN4O2S. The molecule has 1 saturated heterocycles. The largest absolute Gasteiger partial charge is 0.326 e. The zero-order valence-electron chi connectivity index (χ0n) is 14.8. The van der Waals surface area contributed by atoms with Crippen molar-refractivity contribution in [2.24, 2.45) is 10.2 Å². The van der Waals surface area contributed by atoms with E-state index in [0.29, 0.717) is 21.6 Å². The first kappa shape index (κ1) is 20.0. The molecule has 2 N–H and O–H groups in total. The minimum atomic E-state index is -0.606. The number of anilines is 1. The van der Waals surface area contributed by atoms with E-state index in [-0.39, 0.29) is 24.1 Å². The maximum absolute atomic E-state index is 12.9. The van der Waals surface area contributed by atoms with Gasteiger partial charge in [0, 0.05) is 17.1 Å². The number of nitrogens with zero attached hydrogens (tertiary/aromatic N) is 2. The van der Waals surface area contributed by atoms with E-state index < -0.39 is 5.25 Å². The van der Waals surface area contributed by atoms with Crippen LogP contribution in [-0.2, 0) is 9.59 Å². The van der Waals surface area contributed by atoms with Crippen LogP contribution in [0.3, 0.4) is 0 Å². The number of rotatable bonds is 5. The molecule has 2 aromatic carbocycles. The summed E-state index contributed by atoms with van der Waals surface area (Å²) in [5.41, 5.74) is 1.99. The fraction of sp³-hybridized carbons (Fsp3) is 0.158. The fourth-order valence-corrected chi connectivity index (χ4v) is 3.41. The van der Waals surface area contributed by atoms with Crippen molar-refractivity contribution < 1.29 is 14.0 Å². The van der Waals surface area contributed by atoms with Crippen LogP contribution < -0.4 is 10.6 Å². The summed E-state index contributed by atoms with van der Waals surface area (Å²) in [6, 6.07) is 12.6. The SMILES string of the molecule is C/C(=N/N=C1/NC(=O)[C@H](CC(=O)Nc2ccc(F)cc2)S1)c1ccc(Cl)cc1. The smallest absolute Gasteiger partial charge is 0.240 e. The van der Waals surface area contributed by atoms with Crippen molar-refractivity contribution in [3.63, 3.8) is 0 Å². The third-order valence-electron chi connectivity index (χ3n) is 3.83. The Balaban J connectivity index is 1.58. The highest BCUT2D eigenvalue weighted by Crippen LogP contribution is 2.23. The van der Waals surface area contributed by atoms with Crippen molar-refractivity contribution in [1.82, 2.24) is 5.32 Å². The summed E-state index contributed by atoms with van der Waals surface area (Å²) in [6.45, 7) is 1.79. The molecule has 0 aliphatic carbocycles. The van der Waals surface area contributed by atoms with Crippen LogP contribution in [-0.4, -0.2) is 27.9 Å². The van der Waals surface area contributed by atoms with Gasteiger partial charge in [0.2, 0.25) is 11.8 Å². The Hall–Kier alpha value is -2.71. The molecule has 6 nitrogen and oxygen atoms in total. The molecule has 1 atom stereocenters. The summed E-state index contributed by atoms with van der Waals surface area (Å²) in [5.74, 6) is -1.04. The lowest BCUT2D eigenvalue weighted by molar-refractivity contribution is -0.122. The molecule has 0 spiro atoms. The predicted octanol–water partition coefficient (Wildman–Crippen LogP) is 3.82. The van der Waals surface area contributed by atoms with Gasteiger partial charge in [-0.2, -0.15) is 5.10 Å². The first-order valence-corrected chi connectivity index (χ1v) is 9.57. The molecule has 0 saturated carbocycles. The Morgan fingerprint density at radius 3 is 2.57 bits per heavy atom. The predicted molar refractivity (Wildman–Crippen MR) is 110 cm³/mol. The normalized spacial score (nSPS) is 18.2. The van der Waals surface area contributed by atoms with E-state index in [9.17, 15) is 14.0 Å². The zero-order chi connectivity index (χ0) is 20.1. The van der Waals surface area contributed by atoms with Gasteiger partial charge in [-0.15, -0.1) is 5.10 Å². The Labute approximate surface area is 170 Å². The molecule has 28 heavy (non-hydrogen) atoms. The van der Waals surface area contributed by atoms with Crippen molar-refractivity contribution in [3.8, 4) is 0 Å². The van der Waals surface area contributed by atoms with Crippen LogP contribution in [0, 0.1) is 5.82 Å². The number of hydrogen-bond donors (Lipinski definition) is 2. The van der Waals surface area contributed by atoms with Gasteiger partial charge < -0.3 is 10.6 Å². The molecule has 9 heteroatoms. The number of thioether (sulfide) groups is 1. The van der Waals surface area contributed by atoms with E-state index in [1.807, 2.05) is 12.1 Å². The summed E-state index contributed by atoms with van der Waals surface area (Å²) in [7, 11) is 0. The maximum atomic E-state index is 12.9. The van der Waals surface area contributed by atoms with E-state index in [4.69, 9.17) is 11.6 Å². The summed E-state index contributed by atoms with van der Waals surface area (Å²) in [5, 5.41) is 13.8. The van der Waals surface area contributed by atoms with Crippen LogP contribution in [0.25, 0.3) is 0 Å². The van der Waals surface area contributed by atoms with Gasteiger partial charge in [0.1, 0.15) is 11.1 Å². The lowest BCUT2D eigenvalue weighted by Gasteiger charge is -2.07. The van der Waals surface area contributed by atoms with Crippen LogP contribution in [0.1, 0.15) is 18.9 Å². The molecule has 3 rings (SSSR count). The van der Waals surface area contributed by atoms with Gasteiger partial charge in [0.05, 0.1) is 5.71 Å². The molecule has 0 unspecified atom stereocenters. The molecule has 144 valence electrons. The Bertz CT molecular complexity index is 945. The van der Waals surface area contributed by atoms with Crippen molar-refractivity contribution >= 4 is 51.7 Å². The first-order valence-electron chi connectivity index (χ1n) is 8.32. The fourth-order valence-electron chi connectivity index (χ4n) is 2.37.